The van der Waals surface area contributed by atoms with Crippen molar-refractivity contribution in [2.24, 2.45) is 0 Å². The topological polar surface area (TPSA) is 68.5 Å². The molecule has 1 N–H and O–H groups in total. The van der Waals surface area contributed by atoms with Gasteiger partial charge in [-0.3, -0.25) is 19.0 Å². The van der Waals surface area contributed by atoms with Crippen LogP contribution in [0.4, 0.5) is 0 Å². The largest absolute Gasteiger partial charge is 0.298 e. The Morgan fingerprint density at radius 3 is 2.62 bits per heavy atom. The molecule has 0 bridgehead atoms. The lowest BCUT2D eigenvalue weighted by atomic mass is 10.3. The summed E-state index contributed by atoms with van der Waals surface area (Å²) < 4.78 is 3.96. The van der Waals surface area contributed by atoms with Crippen LogP contribution >= 0.6 is 12.2 Å². The minimum atomic E-state index is -0.178. The van der Waals surface area contributed by atoms with E-state index in [1.807, 2.05) is 59.2 Å². The molecule has 0 saturated carbocycles. The molecule has 4 aromatic rings. The first-order chi connectivity index (χ1) is 11.7. The predicted molar refractivity (Wildman–Crippen MR) is 93.9 cm³/mol. The van der Waals surface area contributed by atoms with E-state index >= 15 is 0 Å². The van der Waals surface area contributed by atoms with Crippen molar-refractivity contribution in [1.29, 1.82) is 0 Å². The maximum Gasteiger partial charge on any atom is 0.269 e. The molecule has 2 heterocycles. The van der Waals surface area contributed by atoms with E-state index in [1.165, 1.54) is 6.20 Å². The van der Waals surface area contributed by atoms with E-state index in [1.54, 1.807) is 4.57 Å². The van der Waals surface area contributed by atoms with Gasteiger partial charge in [-0.2, -0.15) is 5.10 Å². The second kappa shape index (κ2) is 5.86. The van der Waals surface area contributed by atoms with Gasteiger partial charge in [0.15, 0.2) is 10.6 Å². The van der Waals surface area contributed by atoms with Gasteiger partial charge < -0.3 is 0 Å². The minimum Gasteiger partial charge on any atom is -0.298 e. The summed E-state index contributed by atoms with van der Waals surface area (Å²) in [5.41, 5.74) is 2.25. The van der Waals surface area contributed by atoms with E-state index < -0.39 is 0 Å². The number of hydrogen-bond acceptors (Lipinski definition) is 4. The molecule has 7 heteroatoms. The maximum absolute atomic E-state index is 12.3. The Kier molecular flexibility index (Phi) is 3.55. The molecule has 0 unspecified atom stereocenters. The second-order valence-corrected chi connectivity index (χ2v) is 5.67. The Morgan fingerprint density at radius 1 is 1.04 bits per heavy atom. The van der Waals surface area contributed by atoms with Crippen molar-refractivity contribution in [2.75, 3.05) is 0 Å². The number of aromatic nitrogens is 5. The quantitative estimate of drug-likeness (QED) is 0.585. The smallest absolute Gasteiger partial charge is 0.269 e. The van der Waals surface area contributed by atoms with E-state index in [4.69, 9.17) is 12.2 Å². The summed E-state index contributed by atoms with van der Waals surface area (Å²) in [6.45, 7) is 0.296. The lowest BCUT2D eigenvalue weighted by Gasteiger charge is -2.10. The zero-order valence-electron chi connectivity index (χ0n) is 12.6. The van der Waals surface area contributed by atoms with Gasteiger partial charge in [-0.25, -0.2) is 4.98 Å². The molecule has 0 saturated heterocycles. The van der Waals surface area contributed by atoms with Gasteiger partial charge in [0, 0.05) is 5.69 Å². The molecule has 2 aromatic heterocycles. The van der Waals surface area contributed by atoms with Crippen molar-refractivity contribution in [3.05, 3.63) is 81.7 Å². The highest BCUT2D eigenvalue weighted by atomic mass is 32.1. The summed E-state index contributed by atoms with van der Waals surface area (Å²) in [6.07, 6.45) is 1.33. The van der Waals surface area contributed by atoms with Gasteiger partial charge in [0.1, 0.15) is 0 Å². The number of H-pyrrole nitrogens is 1. The monoisotopic (exact) mass is 335 g/mol. The van der Waals surface area contributed by atoms with Crippen molar-refractivity contribution in [3.63, 3.8) is 0 Å². The van der Waals surface area contributed by atoms with Gasteiger partial charge in [-0.15, -0.1) is 0 Å². The lowest BCUT2D eigenvalue weighted by molar-refractivity contribution is 0.718. The molecule has 118 valence electrons. The van der Waals surface area contributed by atoms with E-state index in [0.717, 1.165) is 16.7 Å². The van der Waals surface area contributed by atoms with Crippen LogP contribution in [-0.2, 0) is 6.54 Å². The fourth-order valence-electron chi connectivity index (χ4n) is 2.70. The normalized spacial score (nSPS) is 11.0. The number of nitrogens with one attached hydrogen (secondary N) is 1. The summed E-state index contributed by atoms with van der Waals surface area (Å²) >= 11 is 5.34. The summed E-state index contributed by atoms with van der Waals surface area (Å²) in [5, 5.41) is 7.11. The number of para-hydroxylation sites is 3. The number of hydrogen-bond donors (Lipinski definition) is 1. The highest BCUT2D eigenvalue weighted by Gasteiger charge is 2.11. The third-order valence-corrected chi connectivity index (χ3v) is 4.08. The van der Waals surface area contributed by atoms with Crippen LogP contribution in [0, 0.1) is 4.77 Å². The summed E-state index contributed by atoms with van der Waals surface area (Å²) in [4.78, 5) is 16.5. The van der Waals surface area contributed by atoms with Gasteiger partial charge in [-0.05, 0) is 36.5 Å². The van der Waals surface area contributed by atoms with Crippen LogP contribution in [-0.4, -0.2) is 24.3 Å². The van der Waals surface area contributed by atoms with Crippen LogP contribution in [0.3, 0.4) is 0 Å². The minimum absolute atomic E-state index is 0.178. The van der Waals surface area contributed by atoms with Crippen LogP contribution in [0.1, 0.15) is 5.82 Å². The molecule has 0 amide bonds. The third kappa shape index (κ3) is 2.44. The molecule has 4 rings (SSSR count). The number of nitrogens with zero attached hydrogens (tertiary/aromatic N) is 4. The molecule has 0 atom stereocenters. The molecule has 24 heavy (non-hydrogen) atoms. The first-order valence-corrected chi connectivity index (χ1v) is 7.81. The van der Waals surface area contributed by atoms with Gasteiger partial charge in [0.05, 0.1) is 23.8 Å². The maximum atomic E-state index is 12.3. The van der Waals surface area contributed by atoms with Crippen LogP contribution in [0.25, 0.3) is 16.7 Å². The molecular formula is C17H13N5OS. The van der Waals surface area contributed by atoms with Gasteiger partial charge in [-0.1, -0.05) is 30.3 Å². The fraction of sp³-hybridized carbons (Fsp3) is 0.0588. The van der Waals surface area contributed by atoms with Gasteiger partial charge in [0.25, 0.3) is 5.56 Å². The molecule has 0 spiro atoms. The predicted octanol–water partition coefficient (Wildman–Crippen LogP) is 2.69. The van der Waals surface area contributed by atoms with Crippen molar-refractivity contribution in [1.82, 2.24) is 24.3 Å². The van der Waals surface area contributed by atoms with Crippen molar-refractivity contribution < 1.29 is 0 Å². The van der Waals surface area contributed by atoms with E-state index in [9.17, 15) is 4.79 Å². The van der Waals surface area contributed by atoms with Crippen molar-refractivity contribution >= 4 is 23.3 Å². The molecule has 0 aliphatic heterocycles. The fourth-order valence-corrected chi connectivity index (χ4v) is 2.95. The molecule has 0 fully saturated rings. The van der Waals surface area contributed by atoms with Crippen molar-refractivity contribution in [3.8, 4) is 5.69 Å². The van der Waals surface area contributed by atoms with Crippen LogP contribution in [0.5, 0.6) is 0 Å². The second-order valence-electron chi connectivity index (χ2n) is 5.29. The first-order valence-electron chi connectivity index (χ1n) is 7.40. The van der Waals surface area contributed by atoms with E-state index in [0.29, 0.717) is 17.1 Å². The van der Waals surface area contributed by atoms with Gasteiger partial charge in [0.2, 0.25) is 0 Å². The first kappa shape index (κ1) is 14.5. The number of benzene rings is 2. The Bertz CT molecular complexity index is 1130. The zero-order chi connectivity index (χ0) is 16.5. The average molecular weight is 335 g/mol. The number of aromatic amines is 1. The Balaban J connectivity index is 1.88. The van der Waals surface area contributed by atoms with Crippen LogP contribution < -0.4 is 5.56 Å². The van der Waals surface area contributed by atoms with E-state index in [2.05, 4.69) is 15.2 Å². The van der Waals surface area contributed by atoms with E-state index in [-0.39, 0.29) is 5.56 Å². The standard InChI is InChI=1S/C17H13N5OS/c23-16-10-18-13-8-4-5-9-14(13)21(16)11-15-19-20-17(24)22(15)12-6-2-1-3-7-12/h1-10H,11H2,(H,20,24). The summed E-state index contributed by atoms with van der Waals surface area (Å²) in [5.74, 6) is 0.657. The SMILES string of the molecule is O=c1cnc2ccccc2n1Cc1n[nH]c(=S)n1-c1ccccc1. The molecular weight excluding hydrogens is 322 g/mol. The van der Waals surface area contributed by atoms with Crippen LogP contribution in [0.2, 0.25) is 0 Å². The molecule has 2 aromatic carbocycles. The highest BCUT2D eigenvalue weighted by molar-refractivity contribution is 7.71. The summed E-state index contributed by atoms with van der Waals surface area (Å²) in [7, 11) is 0. The molecule has 6 nitrogen and oxygen atoms in total. The third-order valence-electron chi connectivity index (χ3n) is 3.81. The molecule has 0 radical (unpaired) electrons. The average Bonchev–Trinajstić information content (AvgIpc) is 2.98. The van der Waals surface area contributed by atoms with Crippen LogP contribution in [0.15, 0.2) is 65.6 Å². The van der Waals surface area contributed by atoms with Crippen molar-refractivity contribution in [2.45, 2.75) is 6.54 Å². The molecule has 0 aliphatic rings. The zero-order valence-corrected chi connectivity index (χ0v) is 13.4. The Hall–Kier alpha value is -3.06. The Morgan fingerprint density at radius 2 is 1.79 bits per heavy atom. The lowest BCUT2D eigenvalue weighted by Crippen LogP contribution is -2.22. The van der Waals surface area contributed by atoms with Gasteiger partial charge >= 0.3 is 0 Å². The highest BCUT2D eigenvalue weighted by Crippen LogP contribution is 2.14. The summed E-state index contributed by atoms with van der Waals surface area (Å²) in [6, 6.07) is 17.2. The molecule has 0 aliphatic carbocycles. The Labute approximate surface area is 142 Å². The number of fused-ring (bicyclic) bond motifs is 1. The number of rotatable bonds is 3.